The molecule has 0 radical (unpaired) electrons. The highest BCUT2D eigenvalue weighted by Crippen LogP contribution is 2.40. The van der Waals surface area contributed by atoms with Crippen LogP contribution in [-0.2, 0) is 0 Å². The molecule has 0 unspecified atom stereocenters. The summed E-state index contributed by atoms with van der Waals surface area (Å²) in [5, 5.41) is 3.32. The largest absolute Gasteiger partial charge is 0.492 e. The Morgan fingerprint density at radius 1 is 0.955 bits per heavy atom. The van der Waals surface area contributed by atoms with Crippen molar-refractivity contribution in [3.05, 3.63) is 59.3 Å². The monoisotopic (exact) mass is 598 g/mol. The van der Waals surface area contributed by atoms with Gasteiger partial charge in [-0.3, -0.25) is 14.5 Å². The van der Waals surface area contributed by atoms with E-state index in [4.69, 9.17) is 14.7 Å². The molecule has 11 heteroatoms. The first-order chi connectivity index (χ1) is 21.2. The molecule has 0 aliphatic carbocycles. The lowest BCUT2D eigenvalue weighted by Gasteiger charge is -2.42. The summed E-state index contributed by atoms with van der Waals surface area (Å²) >= 11 is 0. The minimum absolute atomic E-state index is 0.0273. The summed E-state index contributed by atoms with van der Waals surface area (Å²) in [4.78, 5) is 46.8. The maximum atomic E-state index is 13.6. The highest BCUT2D eigenvalue weighted by Gasteiger charge is 2.31. The molecule has 3 aliphatic rings. The van der Waals surface area contributed by atoms with Crippen LogP contribution in [0.5, 0.6) is 5.75 Å². The van der Waals surface area contributed by atoms with Crippen molar-refractivity contribution in [2.45, 2.75) is 32.7 Å². The average molecular weight is 599 g/mol. The first kappa shape index (κ1) is 29.8. The minimum Gasteiger partial charge on any atom is -0.492 e. The van der Waals surface area contributed by atoms with Crippen LogP contribution >= 0.6 is 0 Å². The van der Waals surface area contributed by atoms with Crippen molar-refractivity contribution in [2.75, 3.05) is 82.1 Å². The molecule has 1 N–H and O–H groups in total. The van der Waals surface area contributed by atoms with E-state index >= 15 is 0 Å². The first-order valence-electron chi connectivity index (χ1n) is 15.5. The number of ether oxygens (including phenoxy) is 1. The summed E-state index contributed by atoms with van der Waals surface area (Å²) in [6, 6.07) is 13.6. The number of para-hydroxylation sites is 1. The van der Waals surface area contributed by atoms with E-state index in [2.05, 4.69) is 22.2 Å². The topological polar surface area (TPSA) is 97.4 Å². The summed E-state index contributed by atoms with van der Waals surface area (Å²) in [5.41, 5.74) is 3.97. The van der Waals surface area contributed by atoms with Crippen LogP contribution < -0.4 is 19.9 Å². The van der Waals surface area contributed by atoms with Gasteiger partial charge in [-0.15, -0.1) is 0 Å². The number of anilines is 5. The lowest BCUT2D eigenvalue weighted by molar-refractivity contribution is 0.0518. The van der Waals surface area contributed by atoms with Gasteiger partial charge < -0.3 is 29.7 Å². The Morgan fingerprint density at radius 2 is 1.68 bits per heavy atom. The zero-order valence-corrected chi connectivity index (χ0v) is 26.3. The molecule has 2 aromatic carbocycles. The molecule has 2 fully saturated rings. The third-order valence-corrected chi connectivity index (χ3v) is 9.07. The van der Waals surface area contributed by atoms with E-state index < -0.39 is 0 Å². The number of fused-ring (bicyclic) bond motifs is 2. The zero-order valence-electron chi connectivity index (χ0n) is 26.3. The van der Waals surface area contributed by atoms with Gasteiger partial charge in [0.25, 0.3) is 11.8 Å². The van der Waals surface area contributed by atoms with Crippen LogP contribution in [-0.4, -0.2) is 110 Å². The maximum Gasteiger partial charge on any atom is 0.260 e. The molecule has 2 saturated heterocycles. The van der Waals surface area contributed by atoms with Gasteiger partial charge in [0.1, 0.15) is 11.4 Å². The molecule has 6 rings (SSSR count). The molecule has 44 heavy (non-hydrogen) atoms. The number of hydrogen-bond donors (Lipinski definition) is 1. The van der Waals surface area contributed by atoms with Gasteiger partial charge in [0.2, 0.25) is 5.95 Å². The van der Waals surface area contributed by atoms with Crippen molar-refractivity contribution in [1.29, 1.82) is 0 Å². The number of piperidine rings is 1. The van der Waals surface area contributed by atoms with Crippen LogP contribution in [0, 0.1) is 6.92 Å². The van der Waals surface area contributed by atoms with E-state index in [0.29, 0.717) is 58.4 Å². The van der Waals surface area contributed by atoms with Crippen molar-refractivity contribution in [1.82, 2.24) is 24.7 Å². The molecule has 2 amide bonds. The number of hydrogen-bond acceptors (Lipinski definition) is 9. The lowest BCUT2D eigenvalue weighted by Crippen LogP contribution is -2.52. The van der Waals surface area contributed by atoms with Gasteiger partial charge in [-0.25, -0.2) is 4.98 Å². The molecule has 0 atom stereocenters. The molecular formula is C33H42N8O3. The van der Waals surface area contributed by atoms with Gasteiger partial charge >= 0.3 is 0 Å². The Balaban J connectivity index is 1.21. The normalized spacial score (nSPS) is 18.1. The average Bonchev–Trinajstić information content (AvgIpc) is 3.11. The highest BCUT2D eigenvalue weighted by molar-refractivity contribution is 6.13. The van der Waals surface area contributed by atoms with Crippen LogP contribution in [0.4, 0.5) is 28.8 Å². The number of likely N-dealkylation sites (N-methyl/N-ethyl adjacent to an activating group) is 1. The fourth-order valence-corrected chi connectivity index (χ4v) is 6.54. The fourth-order valence-electron chi connectivity index (χ4n) is 6.54. The number of carbonyl (C=O) groups excluding carboxylic acids is 2. The van der Waals surface area contributed by atoms with Crippen LogP contribution in [0.25, 0.3) is 0 Å². The summed E-state index contributed by atoms with van der Waals surface area (Å²) in [7, 11) is 5.83. The van der Waals surface area contributed by atoms with Crippen molar-refractivity contribution in [3.8, 4) is 5.75 Å². The standard InChI is InChI=1S/C33H42N8O3/c1-6-44-28-21-23(31(42)41-15-13-24(14-16-41)40-19-17-37(3)18-20-40)11-12-26(28)35-33-34-22(2)29-30(36-33)38(4)27-10-8-7-9-25(27)32(43)39(29)5/h7-12,21,24H,6,13-20H2,1-5H3,(H,34,35,36). The maximum absolute atomic E-state index is 13.6. The number of carbonyl (C=O) groups is 2. The summed E-state index contributed by atoms with van der Waals surface area (Å²) in [6.07, 6.45) is 2.00. The fraction of sp³-hybridized carbons (Fsp3) is 0.455. The number of aromatic nitrogens is 2. The van der Waals surface area contributed by atoms with E-state index in [9.17, 15) is 9.59 Å². The third kappa shape index (κ3) is 5.69. The number of rotatable bonds is 6. The molecule has 3 aliphatic heterocycles. The van der Waals surface area contributed by atoms with E-state index in [0.717, 1.165) is 57.8 Å². The number of nitrogens with zero attached hydrogens (tertiary/aromatic N) is 7. The van der Waals surface area contributed by atoms with Gasteiger partial charge in [-0.05, 0) is 64.1 Å². The Bertz CT molecular complexity index is 1550. The molecule has 3 aromatic rings. The predicted octanol–water partition coefficient (Wildman–Crippen LogP) is 4.14. The second-order valence-electron chi connectivity index (χ2n) is 11.9. The second kappa shape index (κ2) is 12.4. The number of benzene rings is 2. The first-order valence-corrected chi connectivity index (χ1v) is 15.5. The van der Waals surface area contributed by atoms with Crippen molar-refractivity contribution < 1.29 is 14.3 Å². The number of amides is 2. The van der Waals surface area contributed by atoms with Crippen molar-refractivity contribution in [3.63, 3.8) is 0 Å². The van der Waals surface area contributed by atoms with E-state index in [-0.39, 0.29) is 11.8 Å². The number of nitrogens with one attached hydrogen (secondary N) is 1. The smallest absolute Gasteiger partial charge is 0.260 e. The van der Waals surface area contributed by atoms with Crippen molar-refractivity contribution >= 4 is 40.6 Å². The summed E-state index contributed by atoms with van der Waals surface area (Å²) < 4.78 is 5.99. The predicted molar refractivity (Wildman–Crippen MR) is 173 cm³/mol. The van der Waals surface area contributed by atoms with Gasteiger partial charge in [0, 0.05) is 65.0 Å². The quantitative estimate of drug-likeness (QED) is 0.449. The van der Waals surface area contributed by atoms with Gasteiger partial charge in [-0.2, -0.15) is 4.98 Å². The van der Waals surface area contributed by atoms with Crippen LogP contribution in [0.3, 0.4) is 0 Å². The molecule has 232 valence electrons. The summed E-state index contributed by atoms with van der Waals surface area (Å²) in [6.45, 7) is 10.2. The Hall–Kier alpha value is -4.22. The van der Waals surface area contributed by atoms with Crippen LogP contribution in [0.1, 0.15) is 46.2 Å². The molecule has 0 saturated carbocycles. The number of aryl methyl sites for hydroxylation is 1. The third-order valence-electron chi connectivity index (χ3n) is 9.07. The lowest BCUT2D eigenvalue weighted by atomic mass is 10.0. The molecule has 1 aromatic heterocycles. The molecule has 4 heterocycles. The Kier molecular flexibility index (Phi) is 8.42. The van der Waals surface area contributed by atoms with Gasteiger partial charge in [0.05, 0.1) is 29.2 Å². The van der Waals surface area contributed by atoms with E-state index in [1.807, 2.05) is 73.2 Å². The minimum atomic E-state index is -0.110. The van der Waals surface area contributed by atoms with E-state index in [1.54, 1.807) is 11.9 Å². The molecule has 0 spiro atoms. The number of piperazine rings is 1. The van der Waals surface area contributed by atoms with Gasteiger partial charge in [-0.1, -0.05) is 12.1 Å². The molecule has 11 nitrogen and oxygen atoms in total. The molecule has 0 bridgehead atoms. The molecular weight excluding hydrogens is 556 g/mol. The van der Waals surface area contributed by atoms with Crippen molar-refractivity contribution in [2.24, 2.45) is 0 Å². The zero-order chi connectivity index (χ0) is 31.0. The van der Waals surface area contributed by atoms with Gasteiger partial charge in [0.15, 0.2) is 5.82 Å². The summed E-state index contributed by atoms with van der Waals surface area (Å²) in [5.74, 6) is 1.47. The van der Waals surface area contributed by atoms with E-state index in [1.165, 1.54) is 0 Å². The Morgan fingerprint density at radius 3 is 2.41 bits per heavy atom. The van der Waals surface area contributed by atoms with Crippen LogP contribution in [0.2, 0.25) is 0 Å². The van der Waals surface area contributed by atoms with Crippen LogP contribution in [0.15, 0.2) is 42.5 Å². The Labute approximate surface area is 259 Å². The SMILES string of the molecule is CCOc1cc(C(=O)N2CCC(N3CCN(C)CC3)CC2)ccc1Nc1nc(C)c2c(n1)N(C)c1ccccc1C(=O)N2C. The number of likely N-dealkylation sites (tertiary alicyclic amines) is 1. The highest BCUT2D eigenvalue weighted by atomic mass is 16.5. The second-order valence-corrected chi connectivity index (χ2v) is 11.9.